The van der Waals surface area contributed by atoms with Crippen LogP contribution in [0.5, 0.6) is 0 Å². The van der Waals surface area contributed by atoms with Gasteiger partial charge in [-0.2, -0.15) is 0 Å². The molecule has 4 nitrogen and oxygen atoms in total. The van der Waals surface area contributed by atoms with Gasteiger partial charge in [0.25, 0.3) is 0 Å². The summed E-state index contributed by atoms with van der Waals surface area (Å²) in [5.41, 5.74) is 0.0744. The van der Waals surface area contributed by atoms with E-state index in [1.165, 1.54) is 0 Å². The molecule has 0 aromatic heterocycles. The first-order valence-corrected chi connectivity index (χ1v) is 6.37. The molecule has 1 saturated heterocycles. The van der Waals surface area contributed by atoms with Gasteiger partial charge < -0.3 is 14.8 Å². The minimum atomic E-state index is -0.827. The summed E-state index contributed by atoms with van der Waals surface area (Å²) in [4.78, 5) is 11.7. The Morgan fingerprint density at radius 1 is 1.32 bits per heavy atom. The lowest BCUT2D eigenvalue weighted by Gasteiger charge is -2.34. The number of ether oxygens (including phenoxy) is 2. The van der Waals surface area contributed by atoms with Crippen molar-refractivity contribution in [1.82, 2.24) is 5.32 Å². The molecular weight excluding hydrogens is 249 g/mol. The highest BCUT2D eigenvalue weighted by Gasteiger charge is 2.34. The highest BCUT2D eigenvalue weighted by atomic mass is 19.1. The van der Waals surface area contributed by atoms with Gasteiger partial charge in [-0.25, -0.2) is 9.18 Å². The number of amides is 1. The van der Waals surface area contributed by atoms with Gasteiger partial charge in [0.2, 0.25) is 0 Å². The Hall–Kier alpha value is -1.62. The predicted molar refractivity (Wildman–Crippen MR) is 68.5 cm³/mol. The van der Waals surface area contributed by atoms with Crippen LogP contribution in [0.1, 0.15) is 18.4 Å². The van der Waals surface area contributed by atoms with Crippen molar-refractivity contribution in [2.24, 2.45) is 0 Å². The van der Waals surface area contributed by atoms with Gasteiger partial charge in [0, 0.05) is 13.2 Å². The maximum Gasteiger partial charge on any atom is 0.407 e. The van der Waals surface area contributed by atoms with Crippen molar-refractivity contribution < 1.29 is 18.7 Å². The van der Waals surface area contributed by atoms with Gasteiger partial charge in [-0.3, -0.25) is 0 Å². The van der Waals surface area contributed by atoms with Gasteiger partial charge in [0.15, 0.2) is 0 Å². The molecular formula is C14H18FNO3. The summed E-state index contributed by atoms with van der Waals surface area (Å²) in [6, 6.07) is 9.37. The molecule has 0 saturated carbocycles. The number of hydrogen-bond donors (Lipinski definition) is 1. The first-order chi connectivity index (χ1) is 9.24. The molecule has 0 spiro atoms. The van der Waals surface area contributed by atoms with E-state index < -0.39 is 18.3 Å². The molecule has 0 bridgehead atoms. The van der Waals surface area contributed by atoms with Gasteiger partial charge in [0.05, 0.1) is 5.54 Å². The van der Waals surface area contributed by atoms with Crippen molar-refractivity contribution >= 4 is 6.09 Å². The molecule has 2 rings (SSSR count). The van der Waals surface area contributed by atoms with Crippen LogP contribution in [0.4, 0.5) is 9.18 Å². The number of benzene rings is 1. The maximum absolute atomic E-state index is 13.1. The molecule has 1 heterocycles. The third-order valence-corrected chi connectivity index (χ3v) is 3.29. The number of nitrogens with one attached hydrogen (secondary N) is 1. The predicted octanol–water partition coefficient (Wildman–Crippen LogP) is 2.43. The lowest BCUT2D eigenvalue weighted by Crippen LogP contribution is -2.53. The summed E-state index contributed by atoms with van der Waals surface area (Å²) >= 11 is 0. The molecule has 0 aliphatic carbocycles. The number of carbonyl (C=O) groups excluding carboxylic acids is 1. The van der Waals surface area contributed by atoms with Gasteiger partial charge in [0.1, 0.15) is 13.3 Å². The number of carbonyl (C=O) groups is 1. The number of alkyl carbamates (subject to hydrolysis) is 1. The van der Waals surface area contributed by atoms with E-state index in [0.717, 1.165) is 5.56 Å². The Morgan fingerprint density at radius 2 is 2.00 bits per heavy atom. The fourth-order valence-corrected chi connectivity index (χ4v) is 2.03. The lowest BCUT2D eigenvalue weighted by atomic mass is 9.92. The number of hydrogen-bond acceptors (Lipinski definition) is 3. The zero-order valence-corrected chi connectivity index (χ0v) is 10.7. The molecule has 1 amide bonds. The molecule has 0 radical (unpaired) electrons. The summed E-state index contributed by atoms with van der Waals surface area (Å²) in [5, 5.41) is 2.64. The molecule has 1 aromatic rings. The molecule has 0 unspecified atom stereocenters. The molecule has 19 heavy (non-hydrogen) atoms. The average Bonchev–Trinajstić information content (AvgIpc) is 2.47. The number of halogens is 1. The summed E-state index contributed by atoms with van der Waals surface area (Å²) < 4.78 is 23.4. The van der Waals surface area contributed by atoms with Crippen LogP contribution in [0.3, 0.4) is 0 Å². The third kappa shape index (κ3) is 3.92. The smallest absolute Gasteiger partial charge is 0.407 e. The Balaban J connectivity index is 1.83. The Labute approximate surface area is 111 Å². The number of alkyl halides is 1. The normalized spacial score (nSPS) is 17.7. The van der Waals surface area contributed by atoms with Gasteiger partial charge >= 0.3 is 6.09 Å². The second-order valence-electron chi connectivity index (χ2n) is 4.71. The number of rotatable bonds is 4. The van der Waals surface area contributed by atoms with Crippen LogP contribution in [-0.4, -0.2) is 31.5 Å². The second-order valence-corrected chi connectivity index (χ2v) is 4.71. The largest absolute Gasteiger partial charge is 0.445 e. The fourth-order valence-electron chi connectivity index (χ4n) is 2.03. The minimum absolute atomic E-state index is 0.186. The van der Waals surface area contributed by atoms with E-state index in [2.05, 4.69) is 5.32 Å². The molecule has 1 N–H and O–H groups in total. The minimum Gasteiger partial charge on any atom is -0.445 e. The van der Waals surface area contributed by atoms with Crippen LogP contribution >= 0.6 is 0 Å². The Bertz CT molecular complexity index is 404. The third-order valence-electron chi connectivity index (χ3n) is 3.29. The van der Waals surface area contributed by atoms with E-state index >= 15 is 0 Å². The van der Waals surface area contributed by atoms with Crippen LogP contribution in [0, 0.1) is 0 Å². The van der Waals surface area contributed by atoms with Gasteiger partial charge in [-0.15, -0.1) is 0 Å². The average molecular weight is 267 g/mol. The lowest BCUT2D eigenvalue weighted by molar-refractivity contribution is 0.0246. The van der Waals surface area contributed by atoms with Crippen molar-refractivity contribution in [2.75, 3.05) is 19.9 Å². The van der Waals surface area contributed by atoms with Crippen LogP contribution in [0.25, 0.3) is 0 Å². The van der Waals surface area contributed by atoms with Crippen LogP contribution in [0.15, 0.2) is 30.3 Å². The van der Waals surface area contributed by atoms with E-state index in [1.807, 2.05) is 30.3 Å². The second kappa shape index (κ2) is 6.52. The van der Waals surface area contributed by atoms with E-state index in [0.29, 0.717) is 26.1 Å². The van der Waals surface area contributed by atoms with E-state index in [-0.39, 0.29) is 6.61 Å². The van der Waals surface area contributed by atoms with E-state index in [4.69, 9.17) is 9.47 Å². The van der Waals surface area contributed by atoms with Crippen molar-refractivity contribution in [3.05, 3.63) is 35.9 Å². The monoisotopic (exact) mass is 267 g/mol. The molecule has 1 aromatic carbocycles. The molecule has 5 heteroatoms. The van der Waals surface area contributed by atoms with Crippen LogP contribution < -0.4 is 5.32 Å². The molecule has 104 valence electrons. The van der Waals surface area contributed by atoms with Gasteiger partial charge in [-0.1, -0.05) is 30.3 Å². The van der Waals surface area contributed by atoms with Crippen LogP contribution in [-0.2, 0) is 16.1 Å². The van der Waals surface area contributed by atoms with Crippen molar-refractivity contribution in [2.45, 2.75) is 25.0 Å². The summed E-state index contributed by atoms with van der Waals surface area (Å²) in [6.45, 7) is 0.508. The Kier molecular flexibility index (Phi) is 4.74. The fraction of sp³-hybridized carbons (Fsp3) is 0.500. The zero-order valence-electron chi connectivity index (χ0n) is 10.7. The summed E-state index contributed by atoms with van der Waals surface area (Å²) in [6.07, 6.45) is 0.372. The highest BCUT2D eigenvalue weighted by molar-refractivity contribution is 5.68. The molecule has 0 atom stereocenters. The Morgan fingerprint density at radius 3 is 2.63 bits per heavy atom. The first-order valence-electron chi connectivity index (χ1n) is 6.37. The summed E-state index contributed by atoms with van der Waals surface area (Å²) in [7, 11) is 0. The SMILES string of the molecule is O=C(NC1(CF)CCOCC1)OCc1ccccc1. The zero-order chi connectivity index (χ0) is 13.6. The molecule has 1 fully saturated rings. The van der Waals surface area contributed by atoms with Crippen molar-refractivity contribution in [3.63, 3.8) is 0 Å². The first kappa shape index (κ1) is 13.8. The van der Waals surface area contributed by atoms with Crippen LogP contribution in [0.2, 0.25) is 0 Å². The molecule has 1 aliphatic rings. The molecule has 1 aliphatic heterocycles. The standard InChI is InChI=1S/C14H18FNO3/c15-11-14(6-8-18-9-7-14)16-13(17)19-10-12-4-2-1-3-5-12/h1-5H,6-11H2,(H,16,17). The van der Waals surface area contributed by atoms with Crippen molar-refractivity contribution in [1.29, 1.82) is 0 Å². The topological polar surface area (TPSA) is 47.6 Å². The summed E-state index contributed by atoms with van der Waals surface area (Å²) in [5.74, 6) is 0. The highest BCUT2D eigenvalue weighted by Crippen LogP contribution is 2.21. The maximum atomic E-state index is 13.1. The van der Waals surface area contributed by atoms with E-state index in [9.17, 15) is 9.18 Å². The quantitative estimate of drug-likeness (QED) is 0.911. The van der Waals surface area contributed by atoms with Crippen molar-refractivity contribution in [3.8, 4) is 0 Å². The van der Waals surface area contributed by atoms with Gasteiger partial charge in [-0.05, 0) is 18.4 Å². The van der Waals surface area contributed by atoms with E-state index in [1.54, 1.807) is 0 Å².